The number of nitrogens with one attached hydrogen (secondary N) is 1. The Kier molecular flexibility index (Phi) is 4.95. The minimum Gasteiger partial charge on any atom is -0.461 e. The average Bonchev–Trinajstić information content (AvgIpc) is 2.42. The molecule has 1 aromatic carbocycles. The second kappa shape index (κ2) is 6.71. The van der Waals surface area contributed by atoms with Crippen molar-refractivity contribution in [3.8, 4) is 17.8 Å². The molecule has 0 fully saturated rings. The van der Waals surface area contributed by atoms with Crippen molar-refractivity contribution in [2.45, 2.75) is 26.9 Å². The van der Waals surface area contributed by atoms with Crippen LogP contribution in [0.25, 0.3) is 0 Å². The SMILES string of the molecule is CNc1nc(Oc2cc(Br)ccc2C)nc(OC(C)C)n1. The summed E-state index contributed by atoms with van der Waals surface area (Å²) in [6.45, 7) is 5.76. The quantitative estimate of drug-likeness (QED) is 0.886. The lowest BCUT2D eigenvalue weighted by Gasteiger charge is -2.11. The fourth-order valence-corrected chi connectivity index (χ4v) is 1.88. The average molecular weight is 353 g/mol. The third kappa shape index (κ3) is 4.29. The molecule has 0 atom stereocenters. The van der Waals surface area contributed by atoms with E-state index in [-0.39, 0.29) is 18.1 Å². The van der Waals surface area contributed by atoms with Crippen LogP contribution in [0.3, 0.4) is 0 Å². The van der Waals surface area contributed by atoms with E-state index in [1.807, 2.05) is 39.0 Å². The molecule has 6 nitrogen and oxygen atoms in total. The molecule has 0 radical (unpaired) electrons. The van der Waals surface area contributed by atoms with Gasteiger partial charge >= 0.3 is 12.0 Å². The van der Waals surface area contributed by atoms with E-state index in [0.29, 0.717) is 11.7 Å². The highest BCUT2D eigenvalue weighted by Gasteiger charge is 2.11. The first-order valence-corrected chi connectivity index (χ1v) is 7.31. The molecule has 0 aliphatic rings. The maximum atomic E-state index is 5.74. The molecule has 0 aliphatic heterocycles. The minimum atomic E-state index is -0.0300. The number of halogens is 1. The van der Waals surface area contributed by atoms with E-state index in [9.17, 15) is 0 Å². The molecular formula is C14H17BrN4O2. The Morgan fingerprint density at radius 3 is 2.52 bits per heavy atom. The fraction of sp³-hybridized carbons (Fsp3) is 0.357. The van der Waals surface area contributed by atoms with Gasteiger partial charge in [0, 0.05) is 11.5 Å². The zero-order valence-corrected chi connectivity index (χ0v) is 13.9. The number of hydrogen-bond acceptors (Lipinski definition) is 6. The lowest BCUT2D eigenvalue weighted by Crippen LogP contribution is -2.11. The summed E-state index contributed by atoms with van der Waals surface area (Å²) in [5.74, 6) is 1.07. The molecule has 0 saturated heterocycles. The van der Waals surface area contributed by atoms with Gasteiger partial charge in [-0.3, -0.25) is 0 Å². The van der Waals surface area contributed by atoms with Gasteiger partial charge in [-0.05, 0) is 38.5 Å². The molecule has 2 aromatic rings. The van der Waals surface area contributed by atoms with E-state index in [1.165, 1.54) is 0 Å². The number of anilines is 1. The predicted octanol–water partition coefficient (Wildman–Crippen LogP) is 3.56. The summed E-state index contributed by atoms with van der Waals surface area (Å²) in [4.78, 5) is 12.5. The maximum Gasteiger partial charge on any atom is 0.330 e. The molecule has 1 aromatic heterocycles. The Morgan fingerprint density at radius 2 is 1.86 bits per heavy atom. The highest BCUT2D eigenvalue weighted by molar-refractivity contribution is 9.10. The number of benzene rings is 1. The van der Waals surface area contributed by atoms with Gasteiger partial charge in [0.25, 0.3) is 0 Å². The third-order valence-electron chi connectivity index (χ3n) is 2.51. The monoisotopic (exact) mass is 352 g/mol. The lowest BCUT2D eigenvalue weighted by molar-refractivity contribution is 0.218. The molecule has 0 unspecified atom stereocenters. The largest absolute Gasteiger partial charge is 0.461 e. The van der Waals surface area contributed by atoms with E-state index in [4.69, 9.17) is 9.47 Å². The van der Waals surface area contributed by atoms with Crippen LogP contribution in [-0.4, -0.2) is 28.1 Å². The molecule has 0 saturated carbocycles. The number of aromatic nitrogens is 3. The zero-order valence-electron chi connectivity index (χ0n) is 12.3. The van der Waals surface area contributed by atoms with Gasteiger partial charge in [-0.2, -0.15) is 9.97 Å². The highest BCUT2D eigenvalue weighted by Crippen LogP contribution is 2.27. The highest BCUT2D eigenvalue weighted by atomic mass is 79.9. The van der Waals surface area contributed by atoms with Crippen LogP contribution in [0.5, 0.6) is 17.8 Å². The standard InChI is InChI=1S/C14H17BrN4O2/c1-8(2)20-13-17-12(16-4)18-14(19-13)21-11-7-10(15)6-5-9(11)3/h5-8H,1-4H3,(H,16,17,18,19). The molecule has 1 heterocycles. The van der Waals surface area contributed by atoms with Crippen LogP contribution in [0.1, 0.15) is 19.4 Å². The molecule has 2 rings (SSSR count). The van der Waals surface area contributed by atoms with Crippen molar-refractivity contribution in [1.82, 2.24) is 15.0 Å². The van der Waals surface area contributed by atoms with E-state index in [2.05, 4.69) is 36.2 Å². The molecule has 0 spiro atoms. The topological polar surface area (TPSA) is 69.2 Å². The summed E-state index contributed by atoms with van der Waals surface area (Å²) in [7, 11) is 1.72. The van der Waals surface area contributed by atoms with Crippen LogP contribution < -0.4 is 14.8 Å². The molecule has 1 N–H and O–H groups in total. The smallest absolute Gasteiger partial charge is 0.330 e. The Hall–Kier alpha value is -1.89. The van der Waals surface area contributed by atoms with Crippen molar-refractivity contribution in [3.05, 3.63) is 28.2 Å². The van der Waals surface area contributed by atoms with Crippen LogP contribution in [0, 0.1) is 6.92 Å². The Labute approximate surface area is 132 Å². The molecule has 0 bridgehead atoms. The summed E-state index contributed by atoms with van der Waals surface area (Å²) in [6, 6.07) is 6.17. The first-order chi connectivity index (χ1) is 9.97. The minimum absolute atomic E-state index is 0.0300. The molecule has 7 heteroatoms. The first-order valence-electron chi connectivity index (χ1n) is 6.52. The number of rotatable bonds is 5. The van der Waals surface area contributed by atoms with Gasteiger partial charge in [0.15, 0.2) is 0 Å². The number of nitrogens with zero attached hydrogens (tertiary/aromatic N) is 3. The first kappa shape index (κ1) is 15.5. The zero-order chi connectivity index (χ0) is 15.4. The van der Waals surface area contributed by atoms with Gasteiger partial charge in [0.05, 0.1) is 6.10 Å². The van der Waals surface area contributed by atoms with Crippen molar-refractivity contribution in [1.29, 1.82) is 0 Å². The van der Waals surface area contributed by atoms with Gasteiger partial charge in [-0.25, -0.2) is 0 Å². The molecular weight excluding hydrogens is 336 g/mol. The van der Waals surface area contributed by atoms with Gasteiger partial charge in [0.1, 0.15) is 5.75 Å². The van der Waals surface area contributed by atoms with Gasteiger partial charge in [-0.15, -0.1) is 4.98 Å². The van der Waals surface area contributed by atoms with Crippen LogP contribution in [-0.2, 0) is 0 Å². The van der Waals surface area contributed by atoms with Gasteiger partial charge in [-0.1, -0.05) is 22.0 Å². The number of ether oxygens (including phenoxy) is 2. The fourth-order valence-electron chi connectivity index (χ4n) is 1.54. The second-order valence-corrected chi connectivity index (χ2v) is 5.57. The Bertz CT molecular complexity index is 634. The normalized spacial score (nSPS) is 10.6. The van der Waals surface area contributed by atoms with Crippen molar-refractivity contribution >= 4 is 21.9 Å². The van der Waals surface area contributed by atoms with Crippen LogP contribution in [0.15, 0.2) is 22.7 Å². The maximum absolute atomic E-state index is 5.74. The molecule has 21 heavy (non-hydrogen) atoms. The predicted molar refractivity (Wildman–Crippen MR) is 84.1 cm³/mol. The Balaban J connectivity index is 2.32. The van der Waals surface area contributed by atoms with Crippen LogP contribution in [0.2, 0.25) is 0 Å². The molecule has 112 valence electrons. The van der Waals surface area contributed by atoms with Crippen molar-refractivity contribution in [2.24, 2.45) is 0 Å². The van der Waals surface area contributed by atoms with E-state index in [0.717, 1.165) is 10.0 Å². The molecule has 0 aliphatic carbocycles. The summed E-state index contributed by atoms with van der Waals surface area (Å²) in [6.07, 6.45) is -0.0300. The van der Waals surface area contributed by atoms with Crippen LogP contribution in [0.4, 0.5) is 5.95 Å². The second-order valence-electron chi connectivity index (χ2n) is 4.65. The van der Waals surface area contributed by atoms with Crippen molar-refractivity contribution < 1.29 is 9.47 Å². The van der Waals surface area contributed by atoms with Gasteiger partial charge in [0.2, 0.25) is 5.95 Å². The van der Waals surface area contributed by atoms with E-state index < -0.39 is 0 Å². The van der Waals surface area contributed by atoms with Gasteiger partial charge < -0.3 is 14.8 Å². The molecule has 0 amide bonds. The van der Waals surface area contributed by atoms with E-state index in [1.54, 1.807) is 7.05 Å². The summed E-state index contributed by atoms with van der Waals surface area (Å²) < 4.78 is 12.2. The van der Waals surface area contributed by atoms with Crippen molar-refractivity contribution in [2.75, 3.05) is 12.4 Å². The lowest BCUT2D eigenvalue weighted by atomic mass is 10.2. The number of aryl methyl sites for hydroxylation is 1. The summed E-state index contributed by atoms with van der Waals surface area (Å²) in [5, 5.41) is 2.86. The number of hydrogen-bond donors (Lipinski definition) is 1. The summed E-state index contributed by atoms with van der Waals surface area (Å²) in [5.41, 5.74) is 0.982. The third-order valence-corrected chi connectivity index (χ3v) is 3.00. The summed E-state index contributed by atoms with van der Waals surface area (Å²) >= 11 is 3.41. The van der Waals surface area contributed by atoms with E-state index >= 15 is 0 Å². The Morgan fingerprint density at radius 1 is 1.14 bits per heavy atom. The van der Waals surface area contributed by atoms with Crippen LogP contribution >= 0.6 is 15.9 Å². The van der Waals surface area contributed by atoms with Crippen molar-refractivity contribution in [3.63, 3.8) is 0 Å².